The number of aromatic nitrogens is 2. The van der Waals surface area contributed by atoms with E-state index in [9.17, 15) is 18.2 Å². The van der Waals surface area contributed by atoms with Crippen LogP contribution < -0.4 is 16.5 Å². The van der Waals surface area contributed by atoms with Gasteiger partial charge >= 0.3 is 0 Å². The zero-order chi connectivity index (χ0) is 24.0. The Morgan fingerprint density at radius 1 is 1.30 bits per heavy atom. The number of carbonyl (C=O) groups excluding carboxylic acids is 1. The highest BCUT2D eigenvalue weighted by atomic mass is 32.2. The van der Waals surface area contributed by atoms with Gasteiger partial charge in [-0.15, -0.1) is 0 Å². The highest BCUT2D eigenvalue weighted by Gasteiger charge is 2.22. The molecule has 3 N–H and O–H groups in total. The van der Waals surface area contributed by atoms with E-state index in [0.29, 0.717) is 35.2 Å². The molecule has 1 amide bonds. The lowest BCUT2D eigenvalue weighted by molar-refractivity contribution is -0.128. The maximum atomic E-state index is 14.7. The quantitative estimate of drug-likeness (QED) is 0.232. The van der Waals surface area contributed by atoms with Crippen LogP contribution in [0.4, 0.5) is 4.39 Å². The van der Waals surface area contributed by atoms with Crippen molar-refractivity contribution in [1.82, 2.24) is 20.5 Å². The lowest BCUT2D eigenvalue weighted by Crippen LogP contribution is -2.36. The van der Waals surface area contributed by atoms with Crippen LogP contribution in [0, 0.1) is 5.82 Å². The molecule has 2 atom stereocenters. The Bertz CT molecular complexity index is 1230. The molecule has 0 aliphatic rings. The molecule has 9 nitrogen and oxygen atoms in total. The van der Waals surface area contributed by atoms with Crippen LogP contribution in [0.3, 0.4) is 0 Å². The highest BCUT2D eigenvalue weighted by Crippen LogP contribution is 2.26. The Balaban J connectivity index is 1.83. The molecule has 2 unspecified atom stereocenters. The summed E-state index contributed by atoms with van der Waals surface area (Å²) in [7, 11) is -1.53. The van der Waals surface area contributed by atoms with Crippen molar-refractivity contribution < 1.29 is 23.4 Å². The van der Waals surface area contributed by atoms with E-state index in [4.69, 9.17) is 10.0 Å². The van der Waals surface area contributed by atoms with Crippen molar-refractivity contribution in [3.05, 3.63) is 64.5 Å². The molecule has 0 radical (unpaired) electrons. The van der Waals surface area contributed by atoms with E-state index in [0.717, 1.165) is 5.56 Å². The first-order valence-corrected chi connectivity index (χ1v) is 11.9. The normalized spacial score (nSPS) is 13.1. The maximum absolute atomic E-state index is 14.7. The summed E-state index contributed by atoms with van der Waals surface area (Å²) >= 11 is 0. The van der Waals surface area contributed by atoms with Gasteiger partial charge in [-0.05, 0) is 42.7 Å². The van der Waals surface area contributed by atoms with Crippen molar-refractivity contribution in [3.63, 3.8) is 0 Å². The van der Waals surface area contributed by atoms with Crippen molar-refractivity contribution in [3.8, 4) is 11.1 Å². The van der Waals surface area contributed by atoms with Gasteiger partial charge in [0.05, 0.1) is 23.8 Å². The van der Waals surface area contributed by atoms with Gasteiger partial charge in [0.25, 0.3) is 11.5 Å². The Morgan fingerprint density at radius 3 is 2.76 bits per heavy atom. The molecule has 0 aliphatic heterocycles. The molecule has 2 aromatic carbocycles. The highest BCUT2D eigenvalue weighted by molar-refractivity contribution is 7.85. The van der Waals surface area contributed by atoms with Crippen LogP contribution in [0.15, 0.2) is 47.5 Å². The number of halogens is 1. The molecule has 176 valence electrons. The molecule has 0 saturated heterocycles. The van der Waals surface area contributed by atoms with Crippen molar-refractivity contribution >= 4 is 27.6 Å². The van der Waals surface area contributed by atoms with Gasteiger partial charge < -0.3 is 4.84 Å². The molecule has 11 heteroatoms. The largest absolute Gasteiger partial charge is 0.302 e. The van der Waals surface area contributed by atoms with E-state index < -0.39 is 27.8 Å². The van der Waals surface area contributed by atoms with Gasteiger partial charge in [0.2, 0.25) is 0 Å². The summed E-state index contributed by atoms with van der Waals surface area (Å²) in [4.78, 5) is 33.9. The summed E-state index contributed by atoms with van der Waals surface area (Å²) in [5.74, 6) is -1.18. The monoisotopic (exact) mass is 476 g/mol. The second kappa shape index (κ2) is 11.2. The molecular weight excluding hydrogens is 451 g/mol. The van der Waals surface area contributed by atoms with Gasteiger partial charge in [-0.3, -0.25) is 23.6 Å². The third-order valence-corrected chi connectivity index (χ3v) is 6.38. The number of nitrogens with one attached hydrogen (secondary N) is 2. The van der Waals surface area contributed by atoms with E-state index in [1.807, 2.05) is 6.92 Å². The lowest BCUT2D eigenvalue weighted by Gasteiger charge is -2.13. The third-order valence-electron chi connectivity index (χ3n) is 5.13. The Hall–Kier alpha value is -2.99. The topological polar surface area (TPSA) is 123 Å². The van der Waals surface area contributed by atoms with Gasteiger partial charge in [-0.1, -0.05) is 18.2 Å². The average Bonchev–Trinajstić information content (AvgIpc) is 2.80. The van der Waals surface area contributed by atoms with Crippen molar-refractivity contribution in [2.24, 2.45) is 0 Å². The zero-order valence-corrected chi connectivity index (χ0v) is 19.0. The smallest absolute Gasteiger partial charge is 0.261 e. The van der Waals surface area contributed by atoms with Gasteiger partial charge in [0, 0.05) is 35.7 Å². The predicted molar refractivity (Wildman–Crippen MR) is 122 cm³/mol. The molecule has 3 rings (SSSR count). The van der Waals surface area contributed by atoms with Gasteiger partial charge in [0.15, 0.2) is 0 Å². The molecule has 3 aromatic rings. The molecule has 1 heterocycles. The second-order valence-electron chi connectivity index (χ2n) is 7.30. The number of hydrogen-bond acceptors (Lipinski definition) is 7. The van der Waals surface area contributed by atoms with Gasteiger partial charge in [-0.25, -0.2) is 14.9 Å². The zero-order valence-electron chi connectivity index (χ0n) is 18.2. The molecule has 0 saturated carbocycles. The maximum Gasteiger partial charge on any atom is 0.261 e. The first kappa shape index (κ1) is 24.6. The second-order valence-corrected chi connectivity index (χ2v) is 8.86. The fourth-order valence-corrected chi connectivity index (χ4v) is 4.19. The predicted octanol–water partition coefficient (Wildman–Crippen LogP) is 1.89. The SMILES string of the molecule is CCONCc1ccc(-c2ccc3c(=O)n(CCC(C(=O)NO)S(C)=O)cnc3c2)c(F)c1. The van der Waals surface area contributed by atoms with E-state index in [-0.39, 0.29) is 18.5 Å². The Morgan fingerprint density at radius 2 is 2.09 bits per heavy atom. The standard InChI is InChI=1S/C22H25FN4O5S/c1-3-32-25-12-14-4-6-16(18(23)10-14)15-5-7-17-19(11-15)24-13-27(22(17)29)9-8-20(33(2)31)21(28)26-30/h4-7,10-11,13,20,25,30H,3,8-9,12H2,1-2H3,(H,26,28). The van der Waals surface area contributed by atoms with E-state index in [1.165, 1.54) is 28.7 Å². The summed E-state index contributed by atoms with van der Waals surface area (Å²) < 4.78 is 27.8. The Kier molecular flexibility index (Phi) is 8.39. The first-order chi connectivity index (χ1) is 15.8. The average molecular weight is 477 g/mol. The molecule has 0 spiro atoms. The van der Waals surface area contributed by atoms with Gasteiger partial charge in [0.1, 0.15) is 11.1 Å². The van der Waals surface area contributed by atoms with Crippen LogP contribution in [-0.4, -0.2) is 43.0 Å². The van der Waals surface area contributed by atoms with E-state index in [1.54, 1.807) is 30.3 Å². The number of nitrogens with zero attached hydrogens (tertiary/aromatic N) is 2. The summed E-state index contributed by atoms with van der Waals surface area (Å²) in [6.07, 6.45) is 2.76. The van der Waals surface area contributed by atoms with E-state index in [2.05, 4.69) is 10.5 Å². The van der Waals surface area contributed by atoms with Crippen LogP contribution in [0.5, 0.6) is 0 Å². The fraction of sp³-hybridized carbons (Fsp3) is 0.318. The number of hydroxylamine groups is 2. The molecule has 33 heavy (non-hydrogen) atoms. The molecule has 0 bridgehead atoms. The number of carbonyl (C=O) groups is 1. The number of fused-ring (bicyclic) bond motifs is 1. The summed E-state index contributed by atoms with van der Waals surface area (Å²) in [6.45, 7) is 2.81. The molecule has 0 aliphatic carbocycles. The third kappa shape index (κ3) is 5.88. The molecular formula is C22H25FN4O5S. The van der Waals surface area contributed by atoms with Crippen LogP contribution in [-0.2, 0) is 33.5 Å². The number of benzene rings is 2. The lowest BCUT2D eigenvalue weighted by atomic mass is 10.0. The molecule has 0 fully saturated rings. The number of aryl methyl sites for hydroxylation is 1. The number of amides is 1. The van der Waals surface area contributed by atoms with Gasteiger partial charge in [-0.2, -0.15) is 5.48 Å². The minimum absolute atomic E-state index is 0.0798. The minimum Gasteiger partial charge on any atom is -0.302 e. The molecule has 1 aromatic heterocycles. The van der Waals surface area contributed by atoms with Crippen molar-refractivity contribution in [2.45, 2.75) is 31.7 Å². The van der Waals surface area contributed by atoms with Crippen LogP contribution >= 0.6 is 0 Å². The van der Waals surface area contributed by atoms with Crippen LogP contribution in [0.25, 0.3) is 22.0 Å². The summed E-state index contributed by atoms with van der Waals surface area (Å²) in [5, 5.41) is 8.17. The first-order valence-electron chi connectivity index (χ1n) is 10.2. The van der Waals surface area contributed by atoms with Crippen molar-refractivity contribution in [1.29, 1.82) is 0 Å². The van der Waals surface area contributed by atoms with Crippen LogP contribution in [0.1, 0.15) is 18.9 Å². The van der Waals surface area contributed by atoms with E-state index >= 15 is 0 Å². The minimum atomic E-state index is -1.53. The van der Waals surface area contributed by atoms with Crippen LogP contribution in [0.2, 0.25) is 0 Å². The number of rotatable bonds is 10. The summed E-state index contributed by atoms with van der Waals surface area (Å²) in [6, 6.07) is 9.74. The Labute approximate surface area is 192 Å². The van der Waals surface area contributed by atoms with Crippen molar-refractivity contribution in [2.75, 3.05) is 12.9 Å². The summed E-state index contributed by atoms with van der Waals surface area (Å²) in [5.41, 5.74) is 5.99. The number of hydrogen-bond donors (Lipinski definition) is 3. The fourth-order valence-electron chi connectivity index (χ4n) is 3.40.